The third-order valence-electron chi connectivity index (χ3n) is 6.45. The monoisotopic (exact) mass is 437 g/mol. The Morgan fingerprint density at radius 3 is 2.59 bits per heavy atom. The number of para-hydroxylation sites is 1. The van der Waals surface area contributed by atoms with E-state index in [0.717, 1.165) is 11.1 Å². The minimum Gasteiger partial charge on any atom is -0.478 e. The van der Waals surface area contributed by atoms with Crippen LogP contribution in [0.25, 0.3) is 11.0 Å². The van der Waals surface area contributed by atoms with Crippen molar-refractivity contribution < 1.29 is 18.7 Å². The van der Waals surface area contributed by atoms with Crippen LogP contribution in [-0.4, -0.2) is 16.7 Å². The molecule has 168 valence electrons. The van der Waals surface area contributed by atoms with E-state index in [-0.39, 0.29) is 23.0 Å². The molecule has 3 aromatic rings. The number of aromatic carboxylic acids is 1. The molecular weight excluding hydrogens is 409 g/mol. The summed E-state index contributed by atoms with van der Waals surface area (Å²) in [5, 5.41) is 13.3. The number of hydrogen-bond donors (Lipinski definition) is 2. The van der Waals surface area contributed by atoms with Gasteiger partial charge in [0.2, 0.25) is 0 Å². The molecule has 2 aromatic carbocycles. The first kappa shape index (κ1) is 22.1. The number of carbonyl (C=O) groups is 1. The number of nitrogens with one attached hydrogen (secondary N) is 1. The van der Waals surface area contributed by atoms with Crippen LogP contribution < -0.4 is 10.7 Å². The highest BCUT2D eigenvalue weighted by Gasteiger charge is 2.32. The van der Waals surface area contributed by atoms with Gasteiger partial charge in [0.25, 0.3) is 0 Å². The summed E-state index contributed by atoms with van der Waals surface area (Å²) in [6.45, 7) is 5.45. The quantitative estimate of drug-likeness (QED) is 0.486. The molecule has 1 aromatic heterocycles. The maximum absolute atomic E-state index is 14.3. The number of aryl methyl sites for hydroxylation is 1. The highest BCUT2D eigenvalue weighted by atomic mass is 19.1. The van der Waals surface area contributed by atoms with Gasteiger partial charge in [-0.2, -0.15) is 0 Å². The number of carboxylic acid groups (broad SMARTS) is 1. The molecule has 0 aliphatic heterocycles. The second-order valence-electron chi connectivity index (χ2n) is 9.15. The number of hydrogen-bond acceptors (Lipinski definition) is 4. The van der Waals surface area contributed by atoms with E-state index >= 15 is 0 Å². The molecule has 0 saturated heterocycles. The maximum Gasteiger partial charge on any atom is 0.337 e. The van der Waals surface area contributed by atoms with Gasteiger partial charge in [-0.1, -0.05) is 18.2 Å². The SMILES string of the molecule is Cc1cc(C(C)Nc2ccccc2C(=O)O)c2oc(C3CCC(C)(F)CC3)cc(=O)c2c1. The van der Waals surface area contributed by atoms with Crippen molar-refractivity contribution in [3.8, 4) is 0 Å². The first-order valence-electron chi connectivity index (χ1n) is 11.0. The van der Waals surface area contributed by atoms with Crippen molar-refractivity contribution in [2.45, 2.75) is 64.1 Å². The Labute approximate surface area is 186 Å². The van der Waals surface area contributed by atoms with Gasteiger partial charge in [0.05, 0.1) is 17.0 Å². The third-order valence-corrected chi connectivity index (χ3v) is 6.45. The van der Waals surface area contributed by atoms with E-state index in [2.05, 4.69) is 5.32 Å². The molecule has 5 nitrogen and oxygen atoms in total. The summed E-state index contributed by atoms with van der Waals surface area (Å²) in [5.74, 6) is -0.400. The Morgan fingerprint density at radius 1 is 1.22 bits per heavy atom. The minimum absolute atomic E-state index is 0.0149. The van der Waals surface area contributed by atoms with Gasteiger partial charge in [0.15, 0.2) is 5.43 Å². The molecule has 32 heavy (non-hydrogen) atoms. The van der Waals surface area contributed by atoms with Gasteiger partial charge in [0, 0.05) is 23.2 Å². The molecule has 1 aliphatic carbocycles. The van der Waals surface area contributed by atoms with E-state index in [0.29, 0.717) is 48.1 Å². The topological polar surface area (TPSA) is 79.5 Å². The number of alkyl halides is 1. The Hall–Kier alpha value is -3.15. The summed E-state index contributed by atoms with van der Waals surface area (Å²) in [5.41, 5.74) is 1.60. The standard InChI is InChI=1S/C26H28FNO4/c1-15-12-19(16(2)28-21-7-5-4-6-18(21)25(30)31)24-20(13-15)22(29)14-23(32-24)17-8-10-26(3,27)11-9-17/h4-7,12-14,16-17,28H,8-11H2,1-3H3,(H,30,31). The maximum atomic E-state index is 14.3. The van der Waals surface area contributed by atoms with Crippen molar-refractivity contribution in [1.82, 2.24) is 0 Å². The van der Waals surface area contributed by atoms with Gasteiger partial charge in [0.1, 0.15) is 17.0 Å². The van der Waals surface area contributed by atoms with Gasteiger partial charge in [-0.15, -0.1) is 0 Å². The first-order chi connectivity index (χ1) is 15.1. The predicted octanol–water partition coefficient (Wildman–Crippen LogP) is 6.36. The average Bonchev–Trinajstić information content (AvgIpc) is 2.74. The molecule has 1 aliphatic rings. The summed E-state index contributed by atoms with van der Waals surface area (Å²) < 4.78 is 20.6. The number of fused-ring (bicyclic) bond motifs is 1. The van der Waals surface area contributed by atoms with Gasteiger partial charge < -0.3 is 14.8 Å². The molecule has 0 radical (unpaired) electrons. The van der Waals surface area contributed by atoms with E-state index < -0.39 is 11.6 Å². The molecule has 2 N–H and O–H groups in total. The predicted molar refractivity (Wildman–Crippen MR) is 123 cm³/mol. The summed E-state index contributed by atoms with van der Waals surface area (Å²) in [7, 11) is 0. The molecule has 0 bridgehead atoms. The van der Waals surface area contributed by atoms with Crippen molar-refractivity contribution in [1.29, 1.82) is 0 Å². The van der Waals surface area contributed by atoms with Crippen LogP contribution in [0.2, 0.25) is 0 Å². The van der Waals surface area contributed by atoms with Crippen LogP contribution in [0.1, 0.15) is 78.7 Å². The fourth-order valence-corrected chi connectivity index (χ4v) is 4.59. The van der Waals surface area contributed by atoms with Crippen molar-refractivity contribution in [2.75, 3.05) is 5.32 Å². The second kappa shape index (κ2) is 8.41. The summed E-state index contributed by atoms with van der Waals surface area (Å²) >= 11 is 0. The number of carboxylic acids is 1. The highest BCUT2D eigenvalue weighted by Crippen LogP contribution is 2.40. The van der Waals surface area contributed by atoms with Crippen molar-refractivity contribution in [3.63, 3.8) is 0 Å². The van der Waals surface area contributed by atoms with Crippen LogP contribution in [0, 0.1) is 6.92 Å². The van der Waals surface area contributed by atoms with Crippen LogP contribution in [0.4, 0.5) is 10.1 Å². The van der Waals surface area contributed by atoms with Crippen LogP contribution in [-0.2, 0) is 0 Å². The Morgan fingerprint density at radius 2 is 1.91 bits per heavy atom. The molecule has 1 unspecified atom stereocenters. The molecule has 6 heteroatoms. The average molecular weight is 438 g/mol. The molecule has 1 heterocycles. The van der Waals surface area contributed by atoms with Crippen LogP contribution in [0.15, 0.2) is 51.7 Å². The van der Waals surface area contributed by atoms with Gasteiger partial charge in [-0.3, -0.25) is 4.79 Å². The number of benzene rings is 2. The van der Waals surface area contributed by atoms with Gasteiger partial charge >= 0.3 is 5.97 Å². The van der Waals surface area contributed by atoms with E-state index in [1.54, 1.807) is 37.3 Å². The van der Waals surface area contributed by atoms with Gasteiger partial charge in [-0.25, -0.2) is 9.18 Å². The Bertz CT molecular complexity index is 1220. The molecule has 1 fully saturated rings. The molecule has 0 spiro atoms. The normalized spacial score (nSPS) is 21.9. The summed E-state index contributed by atoms with van der Waals surface area (Å²) in [6.07, 6.45) is 2.18. The van der Waals surface area contributed by atoms with Gasteiger partial charge in [-0.05, 0) is 70.2 Å². The molecule has 4 rings (SSSR count). The third kappa shape index (κ3) is 4.40. The summed E-state index contributed by atoms with van der Waals surface area (Å²) in [4.78, 5) is 24.6. The molecule has 1 atom stereocenters. The van der Waals surface area contributed by atoms with Crippen LogP contribution >= 0.6 is 0 Å². The lowest BCUT2D eigenvalue weighted by molar-refractivity contribution is 0.0698. The van der Waals surface area contributed by atoms with Crippen LogP contribution in [0.3, 0.4) is 0 Å². The van der Waals surface area contributed by atoms with Crippen molar-refractivity contribution >= 4 is 22.6 Å². The lowest BCUT2D eigenvalue weighted by Crippen LogP contribution is -2.25. The Kier molecular flexibility index (Phi) is 5.80. The van der Waals surface area contributed by atoms with E-state index in [1.807, 2.05) is 26.0 Å². The second-order valence-corrected chi connectivity index (χ2v) is 9.15. The Balaban J connectivity index is 1.75. The number of anilines is 1. The molecule has 0 amide bonds. The largest absolute Gasteiger partial charge is 0.478 e. The zero-order valence-corrected chi connectivity index (χ0v) is 18.6. The van der Waals surface area contributed by atoms with Crippen LogP contribution in [0.5, 0.6) is 0 Å². The van der Waals surface area contributed by atoms with E-state index in [9.17, 15) is 19.1 Å². The lowest BCUT2D eigenvalue weighted by Gasteiger charge is -2.30. The molecular formula is C26H28FNO4. The minimum atomic E-state index is -1.16. The number of rotatable bonds is 5. The highest BCUT2D eigenvalue weighted by molar-refractivity contribution is 5.94. The first-order valence-corrected chi connectivity index (χ1v) is 11.0. The zero-order valence-electron chi connectivity index (χ0n) is 18.6. The molecule has 1 saturated carbocycles. The smallest absolute Gasteiger partial charge is 0.337 e. The van der Waals surface area contributed by atoms with E-state index in [4.69, 9.17) is 4.42 Å². The lowest BCUT2D eigenvalue weighted by atomic mass is 9.80. The number of halogens is 1. The summed E-state index contributed by atoms with van der Waals surface area (Å²) in [6, 6.07) is 11.7. The van der Waals surface area contributed by atoms with Crippen molar-refractivity contribution in [2.24, 2.45) is 0 Å². The van der Waals surface area contributed by atoms with E-state index in [1.165, 1.54) is 0 Å². The zero-order chi connectivity index (χ0) is 23.0. The van der Waals surface area contributed by atoms with Crippen molar-refractivity contribution in [3.05, 3.63) is 75.1 Å². The fraction of sp³-hybridized carbons (Fsp3) is 0.385. The fourth-order valence-electron chi connectivity index (χ4n) is 4.59.